The number of carbonyl (C=O) groups excluding carboxylic acids is 1. The van der Waals surface area contributed by atoms with Crippen LogP contribution >= 0.6 is 11.8 Å². The number of thioether (sulfide) groups is 1. The first kappa shape index (κ1) is 16.7. The van der Waals surface area contributed by atoms with Crippen molar-refractivity contribution in [2.45, 2.75) is 30.2 Å². The quantitative estimate of drug-likeness (QED) is 0.849. The number of nitrogens with one attached hydrogen (secondary N) is 1. The van der Waals surface area contributed by atoms with Crippen molar-refractivity contribution < 1.29 is 9.21 Å². The summed E-state index contributed by atoms with van der Waals surface area (Å²) in [5, 5.41) is 4.40. The zero-order chi connectivity index (χ0) is 17.3. The molecule has 0 radical (unpaired) electrons. The molecule has 0 aliphatic carbocycles. The highest BCUT2D eigenvalue weighted by Crippen LogP contribution is 2.37. The monoisotopic (exact) mass is 360 g/mol. The van der Waals surface area contributed by atoms with Gasteiger partial charge in [-0.3, -0.25) is 4.79 Å². The molecule has 4 heterocycles. The highest BCUT2D eigenvalue weighted by atomic mass is 32.2. The number of furan rings is 1. The fourth-order valence-electron chi connectivity index (χ4n) is 3.76. The topological polar surface area (TPSA) is 63.3 Å². The summed E-state index contributed by atoms with van der Waals surface area (Å²) in [6.45, 7) is 3.88. The van der Waals surface area contributed by atoms with E-state index in [0.29, 0.717) is 16.9 Å². The third-order valence-corrected chi connectivity index (χ3v) is 6.52. The van der Waals surface area contributed by atoms with E-state index in [4.69, 9.17) is 4.42 Å². The standard InChI is InChI=1S/C18H24N4O2S/c1-21-11-8-20-17(21)25-12-14-2-3-15(24-14)16(23)22-9-5-18(6-10-22)4-7-19-13-18/h2-3,8,11,19H,4-7,9-10,12-13H2,1H3. The molecule has 0 bridgehead atoms. The molecule has 0 atom stereocenters. The van der Waals surface area contributed by atoms with E-state index in [1.54, 1.807) is 24.0 Å². The number of piperidine rings is 1. The van der Waals surface area contributed by atoms with E-state index >= 15 is 0 Å². The molecule has 2 aliphatic heterocycles. The van der Waals surface area contributed by atoms with Crippen LogP contribution in [0.2, 0.25) is 0 Å². The van der Waals surface area contributed by atoms with Crippen molar-refractivity contribution in [3.8, 4) is 0 Å². The van der Waals surface area contributed by atoms with Crippen LogP contribution in [0.15, 0.2) is 34.1 Å². The maximum Gasteiger partial charge on any atom is 0.289 e. The molecule has 25 heavy (non-hydrogen) atoms. The zero-order valence-corrected chi connectivity index (χ0v) is 15.3. The molecule has 2 saturated heterocycles. The van der Waals surface area contributed by atoms with E-state index in [1.807, 2.05) is 28.8 Å². The summed E-state index contributed by atoms with van der Waals surface area (Å²) in [4.78, 5) is 18.9. The first-order chi connectivity index (χ1) is 12.2. The van der Waals surface area contributed by atoms with Gasteiger partial charge in [0.25, 0.3) is 5.91 Å². The number of hydrogen-bond acceptors (Lipinski definition) is 5. The van der Waals surface area contributed by atoms with Gasteiger partial charge in [-0.1, -0.05) is 11.8 Å². The number of nitrogens with zero attached hydrogens (tertiary/aromatic N) is 3. The minimum atomic E-state index is 0.0223. The summed E-state index contributed by atoms with van der Waals surface area (Å²) in [5.74, 6) is 1.96. The number of aryl methyl sites for hydroxylation is 1. The molecule has 134 valence electrons. The summed E-state index contributed by atoms with van der Waals surface area (Å²) in [6.07, 6.45) is 7.12. The van der Waals surface area contributed by atoms with Crippen LogP contribution in [0.25, 0.3) is 0 Å². The Balaban J connectivity index is 1.34. The van der Waals surface area contributed by atoms with Crippen LogP contribution in [-0.2, 0) is 12.8 Å². The molecule has 1 N–H and O–H groups in total. The summed E-state index contributed by atoms with van der Waals surface area (Å²) in [5.41, 5.74) is 0.420. The van der Waals surface area contributed by atoms with E-state index < -0.39 is 0 Å². The lowest BCUT2D eigenvalue weighted by atomic mass is 9.78. The van der Waals surface area contributed by atoms with Gasteiger partial charge in [0.1, 0.15) is 5.76 Å². The smallest absolute Gasteiger partial charge is 0.289 e. The van der Waals surface area contributed by atoms with Gasteiger partial charge in [-0.15, -0.1) is 0 Å². The molecular weight excluding hydrogens is 336 g/mol. The Hall–Kier alpha value is -1.73. The van der Waals surface area contributed by atoms with Crippen LogP contribution in [-0.4, -0.2) is 46.5 Å². The Kier molecular flexibility index (Phi) is 4.60. The van der Waals surface area contributed by atoms with Crippen molar-refractivity contribution in [2.24, 2.45) is 12.5 Å². The highest BCUT2D eigenvalue weighted by molar-refractivity contribution is 7.98. The van der Waals surface area contributed by atoms with Gasteiger partial charge < -0.3 is 19.2 Å². The van der Waals surface area contributed by atoms with E-state index in [2.05, 4.69) is 10.3 Å². The SMILES string of the molecule is Cn1ccnc1SCc1ccc(C(=O)N2CCC3(CCNC3)CC2)o1. The number of amides is 1. The fourth-order valence-corrected chi connectivity index (χ4v) is 4.59. The normalized spacial score (nSPS) is 19.6. The Bertz CT molecular complexity index is 738. The molecule has 2 aromatic heterocycles. The van der Waals surface area contributed by atoms with Gasteiger partial charge >= 0.3 is 0 Å². The molecule has 2 fully saturated rings. The number of hydrogen-bond donors (Lipinski definition) is 1. The molecule has 0 saturated carbocycles. The van der Waals surface area contributed by atoms with Crippen LogP contribution < -0.4 is 5.32 Å². The molecule has 2 aliphatic rings. The molecule has 7 heteroatoms. The van der Waals surface area contributed by atoms with Crippen molar-refractivity contribution in [3.63, 3.8) is 0 Å². The lowest BCUT2D eigenvalue weighted by Crippen LogP contribution is -2.43. The lowest BCUT2D eigenvalue weighted by Gasteiger charge is -2.38. The Morgan fingerprint density at radius 2 is 2.20 bits per heavy atom. The van der Waals surface area contributed by atoms with Crippen LogP contribution in [0.3, 0.4) is 0 Å². The average Bonchev–Trinajstić information content (AvgIpc) is 3.35. The Morgan fingerprint density at radius 3 is 2.88 bits per heavy atom. The van der Waals surface area contributed by atoms with Crippen LogP contribution in [0, 0.1) is 5.41 Å². The lowest BCUT2D eigenvalue weighted by molar-refractivity contribution is 0.0576. The Labute approximate surface area is 152 Å². The summed E-state index contributed by atoms with van der Waals surface area (Å²) in [6, 6.07) is 3.70. The van der Waals surface area contributed by atoms with Crippen molar-refractivity contribution in [1.82, 2.24) is 19.8 Å². The predicted octanol–water partition coefficient (Wildman–Crippen LogP) is 2.52. The Morgan fingerprint density at radius 1 is 1.36 bits per heavy atom. The molecule has 0 aromatic carbocycles. The van der Waals surface area contributed by atoms with E-state index in [9.17, 15) is 4.79 Å². The van der Waals surface area contributed by atoms with Crippen LogP contribution in [0.4, 0.5) is 0 Å². The van der Waals surface area contributed by atoms with Gasteiger partial charge in [-0.2, -0.15) is 0 Å². The minimum absolute atomic E-state index is 0.0223. The minimum Gasteiger partial charge on any atom is -0.455 e. The predicted molar refractivity (Wildman–Crippen MR) is 96.5 cm³/mol. The second-order valence-electron chi connectivity index (χ2n) is 7.09. The maximum atomic E-state index is 12.7. The zero-order valence-electron chi connectivity index (χ0n) is 14.5. The third-order valence-electron chi connectivity index (χ3n) is 5.44. The molecule has 0 unspecified atom stereocenters. The molecule has 1 amide bonds. The fraction of sp³-hybridized carbons (Fsp3) is 0.556. The average molecular weight is 360 g/mol. The van der Waals surface area contributed by atoms with Crippen molar-refractivity contribution >= 4 is 17.7 Å². The van der Waals surface area contributed by atoms with E-state index in [-0.39, 0.29) is 5.91 Å². The van der Waals surface area contributed by atoms with Crippen molar-refractivity contribution in [2.75, 3.05) is 26.2 Å². The number of rotatable bonds is 4. The second-order valence-corrected chi connectivity index (χ2v) is 8.04. The molecule has 1 spiro atoms. The van der Waals surface area contributed by atoms with Gasteiger partial charge in [0.2, 0.25) is 0 Å². The summed E-state index contributed by atoms with van der Waals surface area (Å²) >= 11 is 1.61. The number of imidazole rings is 1. The van der Waals surface area contributed by atoms with E-state index in [0.717, 1.165) is 49.9 Å². The van der Waals surface area contributed by atoms with Crippen molar-refractivity contribution in [1.29, 1.82) is 0 Å². The van der Waals surface area contributed by atoms with Crippen LogP contribution in [0.5, 0.6) is 0 Å². The van der Waals surface area contributed by atoms with Gasteiger partial charge in [-0.25, -0.2) is 4.98 Å². The first-order valence-corrected chi connectivity index (χ1v) is 9.83. The summed E-state index contributed by atoms with van der Waals surface area (Å²) < 4.78 is 7.77. The molecule has 4 rings (SSSR count). The second kappa shape index (κ2) is 6.88. The molecule has 2 aromatic rings. The third kappa shape index (κ3) is 3.48. The largest absolute Gasteiger partial charge is 0.455 e. The van der Waals surface area contributed by atoms with Gasteiger partial charge in [-0.05, 0) is 43.4 Å². The number of carbonyl (C=O) groups is 1. The number of aromatic nitrogens is 2. The van der Waals surface area contributed by atoms with Gasteiger partial charge in [0, 0.05) is 39.1 Å². The van der Waals surface area contributed by atoms with Crippen molar-refractivity contribution in [3.05, 3.63) is 36.0 Å². The first-order valence-electron chi connectivity index (χ1n) is 8.84. The summed E-state index contributed by atoms with van der Waals surface area (Å²) in [7, 11) is 1.97. The number of likely N-dealkylation sites (tertiary alicyclic amines) is 1. The highest BCUT2D eigenvalue weighted by Gasteiger charge is 2.38. The van der Waals surface area contributed by atoms with Gasteiger partial charge in [0.15, 0.2) is 10.9 Å². The maximum absolute atomic E-state index is 12.7. The molecule has 6 nitrogen and oxygen atoms in total. The van der Waals surface area contributed by atoms with E-state index in [1.165, 1.54) is 6.42 Å². The van der Waals surface area contributed by atoms with Gasteiger partial charge in [0.05, 0.1) is 5.75 Å². The van der Waals surface area contributed by atoms with Crippen LogP contribution in [0.1, 0.15) is 35.6 Å². The molecular formula is C18H24N4O2S.